The molecule has 0 radical (unpaired) electrons. The molecule has 1 heterocycles. The van der Waals surface area contributed by atoms with E-state index < -0.39 is 0 Å². The Bertz CT molecular complexity index is 1050. The second-order valence-electron chi connectivity index (χ2n) is 5.46. The highest BCUT2D eigenvalue weighted by Crippen LogP contribution is 2.27. The molecule has 0 saturated carbocycles. The molecule has 0 atom stereocenters. The molecule has 0 saturated heterocycles. The van der Waals surface area contributed by atoms with E-state index in [0.29, 0.717) is 0 Å². The third-order valence-electron chi connectivity index (χ3n) is 3.64. The Balaban J connectivity index is 1.49. The molecule has 0 aliphatic heterocycles. The quantitative estimate of drug-likeness (QED) is 0.352. The largest absolute Gasteiger partial charge is 0.227 e. The van der Waals surface area contributed by atoms with E-state index in [9.17, 15) is 0 Å². The average molecular weight is 338 g/mol. The molecule has 4 rings (SSSR count). The van der Waals surface area contributed by atoms with Gasteiger partial charge in [-0.1, -0.05) is 65.6 Å². The molecule has 4 aromatic rings. The molecule has 0 N–H and O–H groups in total. The van der Waals surface area contributed by atoms with Crippen LogP contribution >= 0.6 is 11.3 Å². The Morgan fingerprint density at radius 1 is 0.760 bits per heavy atom. The smallest absolute Gasteiger partial charge is 0.210 e. The van der Waals surface area contributed by atoms with Crippen LogP contribution in [0, 0.1) is 11.8 Å². The molecule has 118 valence electrons. The number of para-hydroxylation sites is 1. The van der Waals surface area contributed by atoms with Crippen LogP contribution in [-0.4, -0.2) is 11.2 Å². The van der Waals surface area contributed by atoms with E-state index in [1.165, 1.54) is 0 Å². The molecule has 0 bridgehead atoms. The van der Waals surface area contributed by atoms with Crippen molar-refractivity contribution in [2.24, 2.45) is 4.99 Å². The summed E-state index contributed by atoms with van der Waals surface area (Å²) >= 11 is 1.59. The fraction of sp³-hybridized carbons (Fsp3) is 0. The van der Waals surface area contributed by atoms with Crippen LogP contribution in [-0.2, 0) is 0 Å². The van der Waals surface area contributed by atoms with Crippen molar-refractivity contribution in [1.82, 2.24) is 4.98 Å². The van der Waals surface area contributed by atoms with Crippen LogP contribution in [0.25, 0.3) is 10.2 Å². The zero-order valence-electron chi connectivity index (χ0n) is 13.4. The molecule has 0 amide bonds. The topological polar surface area (TPSA) is 25.2 Å². The Kier molecular flexibility index (Phi) is 4.37. The van der Waals surface area contributed by atoms with Crippen molar-refractivity contribution in [3.63, 3.8) is 0 Å². The van der Waals surface area contributed by atoms with Crippen LogP contribution in [0.1, 0.15) is 16.7 Å². The van der Waals surface area contributed by atoms with Gasteiger partial charge in [-0.2, -0.15) is 0 Å². The van der Waals surface area contributed by atoms with Gasteiger partial charge < -0.3 is 0 Å². The van der Waals surface area contributed by atoms with Crippen molar-refractivity contribution in [1.29, 1.82) is 0 Å². The molecular formula is C22H14N2S. The summed E-state index contributed by atoms with van der Waals surface area (Å²) in [6.07, 6.45) is 1.84. The van der Waals surface area contributed by atoms with Crippen LogP contribution in [0.3, 0.4) is 0 Å². The summed E-state index contributed by atoms with van der Waals surface area (Å²) in [5, 5.41) is 0.772. The van der Waals surface area contributed by atoms with E-state index >= 15 is 0 Å². The van der Waals surface area contributed by atoms with E-state index in [1.54, 1.807) is 11.3 Å². The van der Waals surface area contributed by atoms with Gasteiger partial charge in [0, 0.05) is 17.3 Å². The molecule has 0 aliphatic carbocycles. The highest BCUT2D eigenvalue weighted by Gasteiger charge is 2.00. The highest BCUT2D eigenvalue weighted by molar-refractivity contribution is 7.22. The minimum Gasteiger partial charge on any atom is -0.227 e. The third kappa shape index (κ3) is 3.82. The van der Waals surface area contributed by atoms with Crippen molar-refractivity contribution >= 4 is 32.9 Å². The first kappa shape index (κ1) is 15.3. The van der Waals surface area contributed by atoms with Crippen LogP contribution in [0.5, 0.6) is 0 Å². The third-order valence-corrected chi connectivity index (χ3v) is 4.59. The molecule has 25 heavy (non-hydrogen) atoms. The predicted molar refractivity (Wildman–Crippen MR) is 106 cm³/mol. The molecular weight excluding hydrogens is 324 g/mol. The monoisotopic (exact) mass is 338 g/mol. The zero-order chi connectivity index (χ0) is 16.9. The Morgan fingerprint density at radius 3 is 2.20 bits per heavy atom. The van der Waals surface area contributed by atoms with Gasteiger partial charge in [-0.15, -0.1) is 0 Å². The first-order valence-electron chi connectivity index (χ1n) is 7.94. The molecule has 0 fully saturated rings. The van der Waals surface area contributed by atoms with Crippen molar-refractivity contribution in [3.05, 3.63) is 95.6 Å². The second-order valence-corrected chi connectivity index (χ2v) is 6.47. The molecule has 2 nitrogen and oxygen atoms in total. The molecule has 0 aliphatic rings. The number of benzene rings is 3. The SMILES string of the molecule is C(#Cc1ccc(/C=N/c2nc3ccccc3s2)cc1)c1ccccc1. The zero-order valence-corrected chi connectivity index (χ0v) is 14.2. The maximum Gasteiger partial charge on any atom is 0.210 e. The first-order valence-corrected chi connectivity index (χ1v) is 8.75. The normalized spacial score (nSPS) is 10.7. The second kappa shape index (κ2) is 7.12. The summed E-state index contributed by atoms with van der Waals surface area (Å²) in [5.41, 5.74) is 4.03. The van der Waals surface area contributed by atoms with Gasteiger partial charge in [0.15, 0.2) is 0 Å². The summed E-state index contributed by atoms with van der Waals surface area (Å²) in [7, 11) is 0. The summed E-state index contributed by atoms with van der Waals surface area (Å²) in [6.45, 7) is 0. The standard InChI is InChI=1S/C22H14N2S/c1-2-6-17(7-3-1)10-11-18-12-14-19(15-13-18)16-23-22-24-20-8-4-5-9-21(20)25-22/h1-9,12-16H/b23-16+. The van der Waals surface area contributed by atoms with Crippen LogP contribution in [0.15, 0.2) is 83.9 Å². The summed E-state index contributed by atoms with van der Waals surface area (Å²) in [6, 6.07) is 26.1. The van der Waals surface area contributed by atoms with Crippen molar-refractivity contribution < 1.29 is 0 Å². The number of hydrogen-bond donors (Lipinski definition) is 0. The van der Waals surface area contributed by atoms with Gasteiger partial charge in [0.2, 0.25) is 5.13 Å². The van der Waals surface area contributed by atoms with E-state index in [-0.39, 0.29) is 0 Å². The van der Waals surface area contributed by atoms with Gasteiger partial charge in [0.1, 0.15) is 0 Å². The number of fused-ring (bicyclic) bond motifs is 1. The summed E-state index contributed by atoms with van der Waals surface area (Å²) in [4.78, 5) is 8.99. The number of nitrogens with zero attached hydrogens (tertiary/aromatic N) is 2. The predicted octanol–water partition coefficient (Wildman–Crippen LogP) is 5.45. The lowest BCUT2D eigenvalue weighted by Gasteiger charge is -1.93. The number of rotatable bonds is 2. The Hall–Kier alpha value is -3.22. The lowest BCUT2D eigenvalue weighted by molar-refractivity contribution is 1.41. The molecule has 0 unspecified atom stereocenters. The van der Waals surface area contributed by atoms with E-state index in [0.717, 1.165) is 32.0 Å². The summed E-state index contributed by atoms with van der Waals surface area (Å²) < 4.78 is 1.15. The summed E-state index contributed by atoms with van der Waals surface area (Å²) in [5.74, 6) is 6.34. The highest BCUT2D eigenvalue weighted by atomic mass is 32.1. The van der Waals surface area contributed by atoms with Crippen molar-refractivity contribution in [2.45, 2.75) is 0 Å². The number of aliphatic imine (C=N–C) groups is 1. The Morgan fingerprint density at radius 2 is 1.44 bits per heavy atom. The number of hydrogen-bond acceptors (Lipinski definition) is 3. The van der Waals surface area contributed by atoms with Gasteiger partial charge in [-0.3, -0.25) is 0 Å². The van der Waals surface area contributed by atoms with Gasteiger partial charge in [-0.05, 0) is 42.0 Å². The van der Waals surface area contributed by atoms with Crippen LogP contribution in [0.2, 0.25) is 0 Å². The molecule has 3 aromatic carbocycles. The molecule has 0 spiro atoms. The van der Waals surface area contributed by atoms with E-state index in [2.05, 4.69) is 27.9 Å². The van der Waals surface area contributed by atoms with E-state index in [4.69, 9.17) is 0 Å². The van der Waals surface area contributed by atoms with Gasteiger partial charge in [0.25, 0.3) is 0 Å². The lowest BCUT2D eigenvalue weighted by atomic mass is 10.1. The Labute approximate surface area is 150 Å². The van der Waals surface area contributed by atoms with Crippen molar-refractivity contribution in [3.8, 4) is 11.8 Å². The average Bonchev–Trinajstić information content (AvgIpc) is 3.09. The van der Waals surface area contributed by atoms with Crippen LogP contribution in [0.4, 0.5) is 5.13 Å². The molecule has 3 heteroatoms. The van der Waals surface area contributed by atoms with Gasteiger partial charge >= 0.3 is 0 Å². The van der Waals surface area contributed by atoms with Gasteiger partial charge in [0.05, 0.1) is 10.2 Å². The van der Waals surface area contributed by atoms with Gasteiger partial charge in [-0.25, -0.2) is 9.98 Å². The number of thiazole rings is 1. The fourth-order valence-electron chi connectivity index (χ4n) is 2.36. The minimum atomic E-state index is 0.772. The van der Waals surface area contributed by atoms with Crippen molar-refractivity contribution in [2.75, 3.05) is 0 Å². The number of aromatic nitrogens is 1. The van der Waals surface area contributed by atoms with E-state index in [1.807, 2.05) is 79.0 Å². The minimum absolute atomic E-state index is 0.772. The first-order chi connectivity index (χ1) is 12.4. The maximum absolute atomic E-state index is 4.51. The molecule has 1 aromatic heterocycles. The van der Waals surface area contributed by atoms with Crippen LogP contribution < -0.4 is 0 Å². The fourth-order valence-corrected chi connectivity index (χ4v) is 3.17. The lowest BCUT2D eigenvalue weighted by Crippen LogP contribution is -1.81. The maximum atomic E-state index is 4.51.